The number of aryl methyl sites for hydroxylation is 1. The fourth-order valence-corrected chi connectivity index (χ4v) is 2.22. The van der Waals surface area contributed by atoms with Gasteiger partial charge in [0.1, 0.15) is 12.4 Å². The van der Waals surface area contributed by atoms with Gasteiger partial charge in [0.15, 0.2) is 5.82 Å². The monoisotopic (exact) mass is 195 g/mol. The molecule has 1 aromatic heterocycles. The van der Waals surface area contributed by atoms with Crippen molar-refractivity contribution in [1.82, 2.24) is 14.8 Å². The molecule has 1 unspecified atom stereocenters. The largest absolute Gasteiger partial charge is 0.385 e. The van der Waals surface area contributed by atoms with Crippen LogP contribution in [0.4, 0.5) is 0 Å². The van der Waals surface area contributed by atoms with Crippen LogP contribution in [-0.2, 0) is 7.05 Å². The summed E-state index contributed by atoms with van der Waals surface area (Å²) in [5.74, 6) is 1.09. The third-order valence-corrected chi connectivity index (χ3v) is 3.11. The third-order valence-electron chi connectivity index (χ3n) is 3.11. The maximum atomic E-state index is 10.1. The molecule has 1 aliphatic carbocycles. The Kier molecular flexibility index (Phi) is 2.82. The molecule has 1 saturated carbocycles. The lowest BCUT2D eigenvalue weighted by molar-refractivity contribution is 0.0745. The summed E-state index contributed by atoms with van der Waals surface area (Å²) in [6, 6.07) is 0. The quantitative estimate of drug-likeness (QED) is 0.776. The van der Waals surface area contributed by atoms with Gasteiger partial charge in [-0.3, -0.25) is 0 Å². The van der Waals surface area contributed by atoms with Crippen LogP contribution in [0.2, 0.25) is 0 Å². The first-order valence-corrected chi connectivity index (χ1v) is 5.31. The van der Waals surface area contributed by atoms with Gasteiger partial charge in [-0.25, -0.2) is 0 Å². The summed E-state index contributed by atoms with van der Waals surface area (Å²) >= 11 is 0. The van der Waals surface area contributed by atoms with Gasteiger partial charge in [-0.2, -0.15) is 0 Å². The van der Waals surface area contributed by atoms with E-state index >= 15 is 0 Å². The van der Waals surface area contributed by atoms with E-state index in [0.717, 1.165) is 12.8 Å². The Morgan fingerprint density at radius 1 is 1.43 bits per heavy atom. The predicted octanol–water partition coefficient (Wildman–Crippen LogP) is 1.43. The van der Waals surface area contributed by atoms with Crippen molar-refractivity contribution in [1.29, 1.82) is 0 Å². The van der Waals surface area contributed by atoms with Crippen molar-refractivity contribution >= 4 is 0 Å². The van der Waals surface area contributed by atoms with E-state index in [4.69, 9.17) is 0 Å². The summed E-state index contributed by atoms with van der Waals surface area (Å²) in [6.45, 7) is 0. The number of aromatic nitrogens is 3. The second-order valence-electron chi connectivity index (χ2n) is 4.14. The summed E-state index contributed by atoms with van der Waals surface area (Å²) in [5, 5.41) is 17.8. The molecule has 0 saturated heterocycles. The third kappa shape index (κ3) is 1.80. The Morgan fingerprint density at radius 3 is 2.71 bits per heavy atom. The highest BCUT2D eigenvalue weighted by molar-refractivity contribution is 4.93. The standard InChI is InChI=1S/C10H17N3O/c1-13-7-11-12-10(13)9(14)8-5-3-2-4-6-8/h7-9,14H,2-6H2,1H3. The van der Waals surface area contributed by atoms with Gasteiger partial charge in [-0.1, -0.05) is 19.3 Å². The normalized spacial score (nSPS) is 21.0. The van der Waals surface area contributed by atoms with E-state index < -0.39 is 6.10 Å². The smallest absolute Gasteiger partial charge is 0.161 e. The molecule has 0 radical (unpaired) electrons. The van der Waals surface area contributed by atoms with Crippen LogP contribution < -0.4 is 0 Å². The first-order valence-electron chi connectivity index (χ1n) is 5.31. The van der Waals surface area contributed by atoms with Crippen molar-refractivity contribution in [2.75, 3.05) is 0 Å². The molecule has 78 valence electrons. The van der Waals surface area contributed by atoms with E-state index in [2.05, 4.69) is 10.2 Å². The molecule has 14 heavy (non-hydrogen) atoms. The van der Waals surface area contributed by atoms with Crippen LogP contribution >= 0.6 is 0 Å². The fraction of sp³-hybridized carbons (Fsp3) is 0.800. The zero-order valence-corrected chi connectivity index (χ0v) is 8.56. The van der Waals surface area contributed by atoms with E-state index in [9.17, 15) is 5.11 Å². The average molecular weight is 195 g/mol. The van der Waals surface area contributed by atoms with Crippen molar-refractivity contribution in [3.8, 4) is 0 Å². The summed E-state index contributed by atoms with van der Waals surface area (Å²) in [7, 11) is 1.88. The predicted molar refractivity (Wildman–Crippen MR) is 52.5 cm³/mol. The molecule has 2 rings (SSSR count). The lowest BCUT2D eigenvalue weighted by atomic mass is 9.85. The Morgan fingerprint density at radius 2 is 2.14 bits per heavy atom. The summed E-state index contributed by atoms with van der Waals surface area (Å²) in [6.07, 6.45) is 7.23. The van der Waals surface area contributed by atoms with Gasteiger partial charge in [0.2, 0.25) is 0 Å². The maximum absolute atomic E-state index is 10.1. The summed E-state index contributed by atoms with van der Waals surface area (Å²) in [5.41, 5.74) is 0. The molecule has 0 amide bonds. The van der Waals surface area contributed by atoms with Crippen LogP contribution in [0.25, 0.3) is 0 Å². The second kappa shape index (κ2) is 4.09. The number of aliphatic hydroxyl groups is 1. The second-order valence-corrected chi connectivity index (χ2v) is 4.14. The highest BCUT2D eigenvalue weighted by Gasteiger charge is 2.25. The van der Waals surface area contributed by atoms with Gasteiger partial charge in [0, 0.05) is 7.05 Å². The van der Waals surface area contributed by atoms with Gasteiger partial charge >= 0.3 is 0 Å². The summed E-state index contributed by atoms with van der Waals surface area (Å²) < 4.78 is 1.80. The van der Waals surface area contributed by atoms with Crippen LogP contribution in [0.5, 0.6) is 0 Å². The molecule has 0 aliphatic heterocycles. The summed E-state index contributed by atoms with van der Waals surface area (Å²) in [4.78, 5) is 0. The fourth-order valence-electron chi connectivity index (χ4n) is 2.22. The number of hydrogen-bond donors (Lipinski definition) is 1. The first-order chi connectivity index (χ1) is 6.79. The molecule has 4 nitrogen and oxygen atoms in total. The van der Waals surface area contributed by atoms with Crippen LogP contribution in [0.15, 0.2) is 6.33 Å². The molecule has 1 atom stereocenters. The Hall–Kier alpha value is -0.900. The Labute approximate surface area is 84.0 Å². The highest BCUT2D eigenvalue weighted by atomic mass is 16.3. The van der Waals surface area contributed by atoms with E-state index in [1.165, 1.54) is 19.3 Å². The number of nitrogens with zero attached hydrogens (tertiary/aromatic N) is 3. The molecule has 4 heteroatoms. The van der Waals surface area contributed by atoms with Crippen LogP contribution in [0.1, 0.15) is 44.0 Å². The molecule has 1 aliphatic rings. The SMILES string of the molecule is Cn1cnnc1C(O)C1CCCCC1. The Bertz CT molecular complexity index is 291. The minimum atomic E-state index is -0.428. The lowest BCUT2D eigenvalue weighted by Gasteiger charge is -2.25. The number of rotatable bonds is 2. The molecule has 1 heterocycles. The minimum absolute atomic E-state index is 0.381. The number of aliphatic hydroxyl groups excluding tert-OH is 1. The molecule has 1 fully saturated rings. The van der Waals surface area contributed by atoms with Crippen molar-refractivity contribution in [2.45, 2.75) is 38.2 Å². The zero-order chi connectivity index (χ0) is 9.97. The molecule has 1 aromatic rings. The van der Waals surface area contributed by atoms with Crippen molar-refractivity contribution in [2.24, 2.45) is 13.0 Å². The van der Waals surface area contributed by atoms with Crippen LogP contribution in [0.3, 0.4) is 0 Å². The molecule has 0 bridgehead atoms. The topological polar surface area (TPSA) is 50.9 Å². The molecular formula is C10H17N3O. The van der Waals surface area contributed by atoms with Crippen molar-refractivity contribution in [3.05, 3.63) is 12.2 Å². The van der Waals surface area contributed by atoms with E-state index in [0.29, 0.717) is 11.7 Å². The van der Waals surface area contributed by atoms with Crippen LogP contribution in [-0.4, -0.2) is 19.9 Å². The van der Waals surface area contributed by atoms with Gasteiger partial charge in [-0.15, -0.1) is 10.2 Å². The molecule has 0 spiro atoms. The van der Waals surface area contributed by atoms with Crippen LogP contribution in [0, 0.1) is 5.92 Å². The molecule has 1 N–H and O–H groups in total. The lowest BCUT2D eigenvalue weighted by Crippen LogP contribution is -2.18. The van der Waals surface area contributed by atoms with E-state index in [-0.39, 0.29) is 0 Å². The van der Waals surface area contributed by atoms with Gasteiger partial charge in [-0.05, 0) is 18.8 Å². The van der Waals surface area contributed by atoms with Crippen molar-refractivity contribution in [3.63, 3.8) is 0 Å². The van der Waals surface area contributed by atoms with E-state index in [1.54, 1.807) is 10.9 Å². The van der Waals surface area contributed by atoms with E-state index in [1.807, 2.05) is 7.05 Å². The van der Waals surface area contributed by atoms with Gasteiger partial charge in [0.25, 0.3) is 0 Å². The molecular weight excluding hydrogens is 178 g/mol. The molecule has 0 aromatic carbocycles. The minimum Gasteiger partial charge on any atom is -0.385 e. The number of hydrogen-bond acceptors (Lipinski definition) is 3. The van der Waals surface area contributed by atoms with Crippen molar-refractivity contribution < 1.29 is 5.11 Å². The first kappa shape index (κ1) is 9.65. The van der Waals surface area contributed by atoms with Gasteiger partial charge < -0.3 is 9.67 Å². The zero-order valence-electron chi connectivity index (χ0n) is 8.56. The van der Waals surface area contributed by atoms with Gasteiger partial charge in [0.05, 0.1) is 0 Å². The Balaban J connectivity index is 2.07. The maximum Gasteiger partial charge on any atom is 0.161 e. The average Bonchev–Trinajstić information content (AvgIpc) is 2.65. The highest BCUT2D eigenvalue weighted by Crippen LogP contribution is 2.33.